The number of hydrogen-bond donors (Lipinski definition) is 0. The summed E-state index contributed by atoms with van der Waals surface area (Å²) in [6.07, 6.45) is 6.80. The van der Waals surface area contributed by atoms with E-state index in [1.54, 1.807) is 25.6 Å². The number of aromatic nitrogens is 1. The number of nitrogens with zero attached hydrogens (tertiary/aromatic N) is 2. The third-order valence-corrected chi connectivity index (χ3v) is 4.30. The van der Waals surface area contributed by atoms with E-state index in [0.29, 0.717) is 17.9 Å². The van der Waals surface area contributed by atoms with Gasteiger partial charge in [0.05, 0.1) is 24.0 Å². The minimum atomic E-state index is 0.0136. The highest BCUT2D eigenvalue weighted by molar-refractivity contribution is 5.95. The van der Waals surface area contributed by atoms with Crippen molar-refractivity contribution in [3.05, 3.63) is 53.7 Å². The number of ether oxygens (including phenoxy) is 1. The van der Waals surface area contributed by atoms with Gasteiger partial charge >= 0.3 is 0 Å². The first-order valence-corrected chi connectivity index (χ1v) is 7.47. The Hall–Kier alpha value is -2.14. The molecule has 1 aliphatic rings. The van der Waals surface area contributed by atoms with Gasteiger partial charge < -0.3 is 14.1 Å². The van der Waals surface area contributed by atoms with Gasteiger partial charge in [-0.25, -0.2) is 0 Å². The normalized spacial score (nSPS) is 21.3. The first-order chi connectivity index (χ1) is 10.7. The maximum atomic E-state index is 12.8. The summed E-state index contributed by atoms with van der Waals surface area (Å²) in [6, 6.07) is 5.71. The van der Waals surface area contributed by atoms with Crippen LogP contribution < -0.4 is 0 Å². The maximum absolute atomic E-state index is 12.8. The third kappa shape index (κ3) is 2.76. The van der Waals surface area contributed by atoms with Crippen LogP contribution in [0.25, 0.3) is 0 Å². The Balaban J connectivity index is 1.83. The SMILES string of the molecule is CO[C@@H]1CCN(C(=O)c2ccoc2C)[C@@H]1Cc1cccnc1. The molecule has 5 nitrogen and oxygen atoms in total. The van der Waals surface area contributed by atoms with Crippen molar-refractivity contribution in [3.8, 4) is 0 Å². The summed E-state index contributed by atoms with van der Waals surface area (Å²) >= 11 is 0. The van der Waals surface area contributed by atoms with Crippen molar-refractivity contribution in [2.24, 2.45) is 0 Å². The van der Waals surface area contributed by atoms with Gasteiger partial charge in [-0.3, -0.25) is 9.78 Å². The fourth-order valence-corrected chi connectivity index (χ4v) is 3.12. The van der Waals surface area contributed by atoms with Crippen LogP contribution in [-0.4, -0.2) is 41.6 Å². The van der Waals surface area contributed by atoms with E-state index in [1.165, 1.54) is 0 Å². The maximum Gasteiger partial charge on any atom is 0.257 e. The van der Waals surface area contributed by atoms with E-state index in [1.807, 2.05) is 30.2 Å². The summed E-state index contributed by atoms with van der Waals surface area (Å²) in [4.78, 5) is 18.8. The highest BCUT2D eigenvalue weighted by Crippen LogP contribution is 2.26. The van der Waals surface area contributed by atoms with Crippen molar-refractivity contribution in [2.45, 2.75) is 31.9 Å². The molecule has 0 aliphatic carbocycles. The molecule has 1 fully saturated rings. The average molecular weight is 300 g/mol. The molecule has 0 N–H and O–H groups in total. The van der Waals surface area contributed by atoms with Gasteiger partial charge in [-0.15, -0.1) is 0 Å². The molecule has 0 radical (unpaired) electrons. The quantitative estimate of drug-likeness (QED) is 0.870. The number of carbonyl (C=O) groups excluding carboxylic acids is 1. The largest absolute Gasteiger partial charge is 0.469 e. The molecular weight excluding hydrogens is 280 g/mol. The third-order valence-electron chi connectivity index (χ3n) is 4.30. The van der Waals surface area contributed by atoms with Gasteiger partial charge in [-0.1, -0.05) is 6.07 Å². The summed E-state index contributed by atoms with van der Waals surface area (Å²) in [6.45, 7) is 2.51. The van der Waals surface area contributed by atoms with Gasteiger partial charge in [-0.2, -0.15) is 0 Å². The fraction of sp³-hybridized carbons (Fsp3) is 0.412. The Morgan fingerprint density at radius 3 is 3.00 bits per heavy atom. The number of likely N-dealkylation sites (tertiary alicyclic amines) is 1. The number of rotatable bonds is 4. The number of pyridine rings is 1. The van der Waals surface area contributed by atoms with Crippen molar-refractivity contribution >= 4 is 5.91 Å². The Morgan fingerprint density at radius 2 is 2.36 bits per heavy atom. The minimum absolute atomic E-state index is 0.0136. The van der Waals surface area contributed by atoms with E-state index < -0.39 is 0 Å². The molecule has 0 bridgehead atoms. The van der Waals surface area contributed by atoms with E-state index in [4.69, 9.17) is 9.15 Å². The first kappa shape index (κ1) is 14.8. The molecule has 116 valence electrons. The zero-order chi connectivity index (χ0) is 15.5. The van der Waals surface area contributed by atoms with Crippen LogP contribution in [0.1, 0.15) is 28.1 Å². The van der Waals surface area contributed by atoms with Gasteiger partial charge in [0, 0.05) is 26.0 Å². The van der Waals surface area contributed by atoms with Gasteiger partial charge in [0.15, 0.2) is 0 Å². The summed E-state index contributed by atoms with van der Waals surface area (Å²) in [5.74, 6) is 0.672. The molecule has 5 heteroatoms. The molecule has 2 aromatic rings. The van der Waals surface area contributed by atoms with Crippen molar-refractivity contribution in [2.75, 3.05) is 13.7 Å². The van der Waals surface area contributed by atoms with E-state index in [9.17, 15) is 4.79 Å². The van der Waals surface area contributed by atoms with Crippen molar-refractivity contribution in [1.29, 1.82) is 0 Å². The number of carbonyl (C=O) groups is 1. The van der Waals surface area contributed by atoms with Crippen LogP contribution in [0.4, 0.5) is 0 Å². The predicted octanol–water partition coefficient (Wildman–Crippen LogP) is 2.46. The first-order valence-electron chi connectivity index (χ1n) is 7.47. The Kier molecular flexibility index (Phi) is 4.24. The van der Waals surface area contributed by atoms with Crippen LogP contribution in [0.5, 0.6) is 0 Å². The van der Waals surface area contributed by atoms with Gasteiger partial charge in [0.2, 0.25) is 0 Å². The Bertz CT molecular complexity index is 638. The predicted molar refractivity (Wildman–Crippen MR) is 81.6 cm³/mol. The standard InChI is InChI=1S/C17H20N2O3/c1-12-14(6-9-22-12)17(20)19-8-5-16(21-2)15(19)10-13-4-3-7-18-11-13/h3-4,6-7,9,11,15-16H,5,8,10H2,1-2H3/t15-,16-/m1/s1. The zero-order valence-electron chi connectivity index (χ0n) is 12.9. The number of methoxy groups -OCH3 is 1. The number of furan rings is 1. The van der Waals surface area contributed by atoms with E-state index >= 15 is 0 Å². The van der Waals surface area contributed by atoms with Crippen molar-refractivity contribution in [3.63, 3.8) is 0 Å². The molecule has 0 aromatic carbocycles. The molecule has 1 saturated heterocycles. The van der Waals surface area contributed by atoms with Crippen LogP contribution >= 0.6 is 0 Å². The Morgan fingerprint density at radius 1 is 1.50 bits per heavy atom. The smallest absolute Gasteiger partial charge is 0.257 e. The van der Waals surface area contributed by atoms with E-state index in [0.717, 1.165) is 18.4 Å². The summed E-state index contributed by atoms with van der Waals surface area (Å²) in [7, 11) is 1.71. The van der Waals surface area contributed by atoms with Gasteiger partial charge in [-0.05, 0) is 37.5 Å². The summed E-state index contributed by atoms with van der Waals surface area (Å²) in [5.41, 5.74) is 1.74. The topological polar surface area (TPSA) is 55.6 Å². The fourth-order valence-electron chi connectivity index (χ4n) is 3.12. The van der Waals surface area contributed by atoms with Crippen LogP contribution in [-0.2, 0) is 11.2 Å². The second-order valence-corrected chi connectivity index (χ2v) is 5.58. The summed E-state index contributed by atoms with van der Waals surface area (Å²) < 4.78 is 10.8. The Labute approximate surface area is 129 Å². The lowest BCUT2D eigenvalue weighted by Gasteiger charge is -2.27. The van der Waals surface area contributed by atoms with Crippen LogP contribution in [0.2, 0.25) is 0 Å². The monoisotopic (exact) mass is 300 g/mol. The van der Waals surface area contributed by atoms with Gasteiger partial charge in [0.1, 0.15) is 5.76 Å². The molecule has 0 saturated carbocycles. The number of amides is 1. The molecule has 22 heavy (non-hydrogen) atoms. The second-order valence-electron chi connectivity index (χ2n) is 5.58. The lowest BCUT2D eigenvalue weighted by molar-refractivity contribution is 0.0507. The highest BCUT2D eigenvalue weighted by Gasteiger charge is 2.38. The second kappa shape index (κ2) is 6.32. The number of aryl methyl sites for hydroxylation is 1. The highest BCUT2D eigenvalue weighted by atomic mass is 16.5. The van der Waals surface area contributed by atoms with Crippen molar-refractivity contribution < 1.29 is 13.9 Å². The molecule has 3 rings (SSSR count). The molecular formula is C17H20N2O3. The minimum Gasteiger partial charge on any atom is -0.469 e. The molecule has 2 aromatic heterocycles. The van der Waals surface area contributed by atoms with Gasteiger partial charge in [0.25, 0.3) is 5.91 Å². The lowest BCUT2D eigenvalue weighted by Crippen LogP contribution is -2.41. The molecule has 3 heterocycles. The zero-order valence-corrected chi connectivity index (χ0v) is 12.9. The molecule has 1 amide bonds. The molecule has 2 atom stereocenters. The average Bonchev–Trinajstić information content (AvgIpc) is 3.14. The van der Waals surface area contributed by atoms with E-state index in [-0.39, 0.29) is 18.1 Å². The molecule has 1 aliphatic heterocycles. The van der Waals surface area contributed by atoms with Crippen LogP contribution in [0, 0.1) is 6.92 Å². The van der Waals surface area contributed by atoms with Crippen LogP contribution in [0.15, 0.2) is 41.3 Å². The van der Waals surface area contributed by atoms with E-state index in [2.05, 4.69) is 4.98 Å². The van der Waals surface area contributed by atoms with Crippen molar-refractivity contribution in [1.82, 2.24) is 9.88 Å². The number of hydrogen-bond acceptors (Lipinski definition) is 4. The lowest BCUT2D eigenvalue weighted by atomic mass is 10.0. The molecule has 0 spiro atoms. The molecule has 0 unspecified atom stereocenters. The summed E-state index contributed by atoms with van der Waals surface area (Å²) in [5, 5.41) is 0. The van der Waals surface area contributed by atoms with Crippen LogP contribution in [0.3, 0.4) is 0 Å².